The number of nitrogens with one attached hydrogen (secondary N) is 1. The minimum Gasteiger partial charge on any atom is -0.355 e. The minimum absolute atomic E-state index is 0.0780. The minimum atomic E-state index is -4.25. The van der Waals surface area contributed by atoms with Crippen molar-refractivity contribution in [1.29, 1.82) is 0 Å². The molecule has 0 saturated carbocycles. The van der Waals surface area contributed by atoms with Gasteiger partial charge in [0.1, 0.15) is 5.54 Å². The van der Waals surface area contributed by atoms with Crippen molar-refractivity contribution in [3.8, 4) is 0 Å². The first-order valence-corrected chi connectivity index (χ1v) is 5.55. The Balaban J connectivity index is 2.37. The Morgan fingerprint density at radius 1 is 1.24 bits per heavy atom. The zero-order valence-electron chi connectivity index (χ0n) is 9.59. The van der Waals surface area contributed by atoms with Crippen molar-refractivity contribution in [2.24, 2.45) is 0 Å². The van der Waals surface area contributed by atoms with E-state index in [-0.39, 0.29) is 6.54 Å². The maximum absolute atomic E-state index is 13.2. The molecule has 1 atom stereocenters. The van der Waals surface area contributed by atoms with Crippen LogP contribution in [0, 0.1) is 0 Å². The summed E-state index contributed by atoms with van der Waals surface area (Å²) in [6, 6.07) is 8.75. The number of hydrogen-bond donors (Lipinski definition) is 1. The van der Waals surface area contributed by atoms with Crippen LogP contribution >= 0.6 is 0 Å². The monoisotopic (exact) mass is 244 g/mol. The van der Waals surface area contributed by atoms with Gasteiger partial charge in [-0.1, -0.05) is 18.2 Å². The van der Waals surface area contributed by atoms with Crippen LogP contribution in [0.25, 0.3) is 0 Å². The van der Waals surface area contributed by atoms with Crippen molar-refractivity contribution in [3.05, 3.63) is 30.3 Å². The normalized spacial score (nSPS) is 26.0. The molecule has 2 nitrogen and oxygen atoms in total. The van der Waals surface area contributed by atoms with Crippen LogP contribution in [-0.4, -0.2) is 31.3 Å². The zero-order chi connectivity index (χ0) is 12.5. The number of anilines is 1. The summed E-state index contributed by atoms with van der Waals surface area (Å²) in [6.45, 7) is 2.10. The lowest BCUT2D eigenvalue weighted by atomic mass is 9.95. The highest BCUT2D eigenvalue weighted by atomic mass is 19.4. The molecule has 5 heteroatoms. The van der Waals surface area contributed by atoms with Crippen LogP contribution in [0.2, 0.25) is 0 Å². The van der Waals surface area contributed by atoms with Crippen LogP contribution in [0.1, 0.15) is 6.92 Å². The quantitative estimate of drug-likeness (QED) is 0.816. The standard InChI is InChI=1S/C12H15F3N2/c1-11(12(13,14)15)9-16-7-8-17(11)10-5-3-2-4-6-10/h2-6,16H,7-9H2,1H3. The van der Waals surface area contributed by atoms with Crippen LogP contribution in [0.3, 0.4) is 0 Å². The van der Waals surface area contributed by atoms with Crippen LogP contribution in [0.4, 0.5) is 18.9 Å². The average molecular weight is 244 g/mol. The van der Waals surface area contributed by atoms with Gasteiger partial charge >= 0.3 is 6.18 Å². The van der Waals surface area contributed by atoms with Crippen LogP contribution in [0.5, 0.6) is 0 Å². The number of alkyl halides is 3. The van der Waals surface area contributed by atoms with Gasteiger partial charge in [-0.3, -0.25) is 0 Å². The molecular formula is C12H15F3N2. The highest BCUT2D eigenvalue weighted by Gasteiger charge is 2.55. The van der Waals surface area contributed by atoms with Crippen molar-refractivity contribution in [2.75, 3.05) is 24.5 Å². The van der Waals surface area contributed by atoms with Crippen molar-refractivity contribution in [3.63, 3.8) is 0 Å². The topological polar surface area (TPSA) is 15.3 Å². The summed E-state index contributed by atoms with van der Waals surface area (Å²) in [5.41, 5.74) is -1.22. The lowest BCUT2D eigenvalue weighted by molar-refractivity contribution is -0.183. The average Bonchev–Trinajstić information content (AvgIpc) is 2.29. The van der Waals surface area contributed by atoms with Gasteiger partial charge in [-0.15, -0.1) is 0 Å². The summed E-state index contributed by atoms with van der Waals surface area (Å²) < 4.78 is 39.5. The molecular weight excluding hydrogens is 229 g/mol. The molecule has 0 spiro atoms. The fraction of sp³-hybridized carbons (Fsp3) is 0.500. The molecule has 1 aliphatic rings. The fourth-order valence-electron chi connectivity index (χ4n) is 2.14. The second kappa shape index (κ2) is 4.22. The highest BCUT2D eigenvalue weighted by molar-refractivity contribution is 5.50. The first-order chi connectivity index (χ1) is 7.95. The fourth-order valence-corrected chi connectivity index (χ4v) is 2.14. The molecule has 0 aliphatic carbocycles. The Labute approximate surface area is 98.4 Å². The molecule has 0 aromatic heterocycles. The maximum atomic E-state index is 13.2. The molecule has 1 aromatic rings. The summed E-state index contributed by atoms with van der Waals surface area (Å²) in [7, 11) is 0. The Morgan fingerprint density at radius 3 is 2.47 bits per heavy atom. The molecule has 17 heavy (non-hydrogen) atoms. The zero-order valence-corrected chi connectivity index (χ0v) is 9.59. The number of benzene rings is 1. The van der Waals surface area contributed by atoms with Crippen molar-refractivity contribution in [2.45, 2.75) is 18.6 Å². The molecule has 1 saturated heterocycles. The van der Waals surface area contributed by atoms with E-state index in [0.717, 1.165) is 0 Å². The van der Waals surface area contributed by atoms with Gasteiger partial charge < -0.3 is 10.2 Å². The number of nitrogens with zero attached hydrogens (tertiary/aromatic N) is 1. The molecule has 94 valence electrons. The largest absolute Gasteiger partial charge is 0.412 e. The number of hydrogen-bond acceptors (Lipinski definition) is 2. The highest BCUT2D eigenvalue weighted by Crippen LogP contribution is 2.38. The Morgan fingerprint density at radius 2 is 1.88 bits per heavy atom. The van der Waals surface area contributed by atoms with Gasteiger partial charge in [-0.25, -0.2) is 0 Å². The molecule has 2 rings (SSSR count). The first kappa shape index (κ1) is 12.2. The van der Waals surface area contributed by atoms with Gasteiger partial charge in [0.15, 0.2) is 0 Å². The summed E-state index contributed by atoms with van der Waals surface area (Å²) in [5, 5.41) is 2.82. The van der Waals surface area contributed by atoms with Crippen LogP contribution < -0.4 is 10.2 Å². The second-order valence-electron chi connectivity index (χ2n) is 4.44. The van der Waals surface area contributed by atoms with Crippen molar-refractivity contribution >= 4 is 5.69 Å². The van der Waals surface area contributed by atoms with E-state index >= 15 is 0 Å². The van der Waals surface area contributed by atoms with Gasteiger partial charge in [0.05, 0.1) is 0 Å². The van der Waals surface area contributed by atoms with E-state index in [9.17, 15) is 13.2 Å². The van der Waals surface area contributed by atoms with E-state index in [4.69, 9.17) is 0 Å². The van der Waals surface area contributed by atoms with E-state index < -0.39 is 11.7 Å². The third kappa shape index (κ3) is 2.11. The predicted octanol–water partition coefficient (Wildman–Crippen LogP) is 2.42. The van der Waals surface area contributed by atoms with E-state index in [2.05, 4.69) is 5.32 Å². The summed E-state index contributed by atoms with van der Waals surface area (Å²) in [5.74, 6) is 0. The van der Waals surface area contributed by atoms with Gasteiger partial charge in [0.25, 0.3) is 0 Å². The third-order valence-corrected chi connectivity index (χ3v) is 3.26. The molecule has 1 heterocycles. The predicted molar refractivity (Wildman–Crippen MR) is 61.1 cm³/mol. The van der Waals surface area contributed by atoms with Gasteiger partial charge in [0.2, 0.25) is 0 Å². The Kier molecular flexibility index (Phi) is 3.03. The Bertz CT molecular complexity index is 377. The Hall–Kier alpha value is -1.23. The molecule has 1 unspecified atom stereocenters. The molecule has 1 aliphatic heterocycles. The number of para-hydroxylation sites is 1. The SMILES string of the molecule is CC1(C(F)(F)F)CNCCN1c1ccccc1. The lowest BCUT2D eigenvalue weighted by Crippen LogP contribution is -2.67. The summed E-state index contributed by atoms with van der Waals surface area (Å²) >= 11 is 0. The maximum Gasteiger partial charge on any atom is 0.412 e. The second-order valence-corrected chi connectivity index (χ2v) is 4.44. The van der Waals surface area contributed by atoms with E-state index in [1.165, 1.54) is 11.8 Å². The van der Waals surface area contributed by atoms with E-state index in [1.54, 1.807) is 30.3 Å². The summed E-state index contributed by atoms with van der Waals surface area (Å²) in [6.07, 6.45) is -4.25. The molecule has 0 radical (unpaired) electrons. The van der Waals surface area contributed by atoms with Gasteiger partial charge in [-0.2, -0.15) is 13.2 Å². The molecule has 1 fully saturated rings. The van der Waals surface area contributed by atoms with Gasteiger partial charge in [0, 0.05) is 25.3 Å². The first-order valence-electron chi connectivity index (χ1n) is 5.55. The van der Waals surface area contributed by atoms with Crippen LogP contribution in [0.15, 0.2) is 30.3 Å². The lowest BCUT2D eigenvalue weighted by Gasteiger charge is -2.47. The van der Waals surface area contributed by atoms with Gasteiger partial charge in [-0.05, 0) is 19.1 Å². The number of halogens is 3. The number of rotatable bonds is 1. The smallest absolute Gasteiger partial charge is 0.355 e. The number of piperazine rings is 1. The molecule has 1 N–H and O–H groups in total. The van der Waals surface area contributed by atoms with Crippen LogP contribution in [-0.2, 0) is 0 Å². The van der Waals surface area contributed by atoms with E-state index in [1.807, 2.05) is 0 Å². The third-order valence-electron chi connectivity index (χ3n) is 3.26. The molecule has 0 amide bonds. The molecule has 0 bridgehead atoms. The molecule has 1 aromatic carbocycles. The van der Waals surface area contributed by atoms with E-state index in [0.29, 0.717) is 18.8 Å². The van der Waals surface area contributed by atoms with Crippen molar-refractivity contribution in [1.82, 2.24) is 5.32 Å². The summed E-state index contributed by atoms with van der Waals surface area (Å²) in [4.78, 5) is 1.43. The van der Waals surface area contributed by atoms with Crippen molar-refractivity contribution < 1.29 is 13.2 Å².